The highest BCUT2D eigenvalue weighted by Gasteiger charge is 2.42. The highest BCUT2D eigenvalue weighted by Crippen LogP contribution is 2.46. The molecule has 0 bridgehead atoms. The molecular formula is C26H28N4O3S. The average Bonchev–Trinajstić information content (AvgIpc) is 3.23. The maximum Gasteiger partial charge on any atom is 0.227 e. The Kier molecular flexibility index (Phi) is 5.85. The van der Waals surface area contributed by atoms with E-state index in [0.29, 0.717) is 29.0 Å². The average molecular weight is 477 g/mol. The zero-order valence-corrected chi connectivity index (χ0v) is 20.6. The number of aromatic nitrogens is 3. The maximum atomic E-state index is 13.4. The normalized spacial score (nSPS) is 18.7. The van der Waals surface area contributed by atoms with Crippen LogP contribution in [0.2, 0.25) is 0 Å². The number of ether oxygens (including phenoxy) is 2. The fourth-order valence-electron chi connectivity index (χ4n) is 4.70. The molecule has 1 atom stereocenters. The van der Waals surface area contributed by atoms with E-state index in [2.05, 4.69) is 31.3 Å². The molecule has 0 radical (unpaired) electrons. The number of methoxy groups -OCH3 is 2. The maximum absolute atomic E-state index is 13.4. The van der Waals surface area contributed by atoms with Crippen LogP contribution in [0.1, 0.15) is 43.9 Å². The van der Waals surface area contributed by atoms with Gasteiger partial charge in [-0.15, -0.1) is 5.10 Å². The molecule has 0 amide bonds. The first-order chi connectivity index (χ1) is 16.4. The molecule has 2 aliphatic rings. The lowest BCUT2D eigenvalue weighted by Crippen LogP contribution is -2.36. The number of nitrogens with one attached hydrogen (secondary N) is 1. The number of rotatable bonds is 6. The summed E-state index contributed by atoms with van der Waals surface area (Å²) in [5.41, 5.74) is 3.69. The minimum absolute atomic E-state index is 0.113. The lowest BCUT2D eigenvalue weighted by molar-refractivity contribution is -0.118. The molecule has 0 saturated heterocycles. The van der Waals surface area contributed by atoms with E-state index in [4.69, 9.17) is 19.6 Å². The Labute approximate surface area is 203 Å². The van der Waals surface area contributed by atoms with Gasteiger partial charge in [0.2, 0.25) is 11.1 Å². The Morgan fingerprint density at radius 2 is 1.85 bits per heavy atom. The van der Waals surface area contributed by atoms with E-state index in [9.17, 15) is 4.79 Å². The summed E-state index contributed by atoms with van der Waals surface area (Å²) in [5, 5.41) is 8.93. The van der Waals surface area contributed by atoms with Gasteiger partial charge in [0, 0.05) is 23.4 Å². The molecule has 176 valence electrons. The summed E-state index contributed by atoms with van der Waals surface area (Å²) in [7, 11) is 3.23. The molecule has 5 rings (SSSR count). The fraction of sp³-hybridized carbons (Fsp3) is 0.346. The van der Waals surface area contributed by atoms with E-state index >= 15 is 0 Å². The van der Waals surface area contributed by atoms with Crippen molar-refractivity contribution >= 4 is 23.5 Å². The monoisotopic (exact) mass is 476 g/mol. The van der Waals surface area contributed by atoms with Crippen LogP contribution in [0.25, 0.3) is 0 Å². The molecule has 2 heterocycles. The first-order valence-electron chi connectivity index (χ1n) is 11.3. The van der Waals surface area contributed by atoms with Crippen molar-refractivity contribution in [2.45, 2.75) is 43.6 Å². The van der Waals surface area contributed by atoms with Gasteiger partial charge < -0.3 is 14.8 Å². The van der Waals surface area contributed by atoms with Crippen molar-refractivity contribution in [1.29, 1.82) is 0 Å². The molecule has 1 aromatic heterocycles. The minimum atomic E-state index is -0.381. The third-order valence-electron chi connectivity index (χ3n) is 6.25. The molecule has 2 aromatic carbocycles. The Balaban J connectivity index is 1.57. The number of thioether (sulfide) groups is 1. The smallest absolute Gasteiger partial charge is 0.227 e. The molecule has 3 aromatic rings. The summed E-state index contributed by atoms with van der Waals surface area (Å²) in [6.07, 6.45) is 1.27. The van der Waals surface area contributed by atoms with Crippen molar-refractivity contribution in [3.05, 3.63) is 70.9 Å². The Hall–Kier alpha value is -3.26. The van der Waals surface area contributed by atoms with Crippen LogP contribution in [0.5, 0.6) is 11.5 Å². The van der Waals surface area contributed by atoms with E-state index in [-0.39, 0.29) is 17.2 Å². The number of fused-ring (bicyclic) bond motifs is 1. The van der Waals surface area contributed by atoms with Gasteiger partial charge in [-0.05, 0) is 35.1 Å². The van der Waals surface area contributed by atoms with Gasteiger partial charge in [-0.1, -0.05) is 62.0 Å². The molecule has 0 saturated carbocycles. The van der Waals surface area contributed by atoms with Gasteiger partial charge in [-0.3, -0.25) is 4.79 Å². The molecule has 0 unspecified atom stereocenters. The predicted octanol–water partition coefficient (Wildman–Crippen LogP) is 5.25. The van der Waals surface area contributed by atoms with Crippen LogP contribution in [0.4, 0.5) is 5.95 Å². The van der Waals surface area contributed by atoms with Crippen molar-refractivity contribution in [3.63, 3.8) is 0 Å². The molecular weight excluding hydrogens is 448 g/mol. The van der Waals surface area contributed by atoms with Gasteiger partial charge >= 0.3 is 0 Å². The summed E-state index contributed by atoms with van der Waals surface area (Å²) in [4.78, 5) is 18.2. The van der Waals surface area contributed by atoms with Crippen LogP contribution in [0, 0.1) is 5.41 Å². The van der Waals surface area contributed by atoms with Gasteiger partial charge in [0.25, 0.3) is 0 Å². The van der Waals surface area contributed by atoms with E-state index in [0.717, 1.165) is 29.0 Å². The summed E-state index contributed by atoms with van der Waals surface area (Å²) in [6.45, 7) is 4.25. The second-order valence-corrected chi connectivity index (χ2v) is 10.4. The predicted molar refractivity (Wildman–Crippen MR) is 132 cm³/mol. The van der Waals surface area contributed by atoms with Crippen molar-refractivity contribution in [2.24, 2.45) is 5.41 Å². The Morgan fingerprint density at radius 1 is 1.09 bits per heavy atom. The summed E-state index contributed by atoms with van der Waals surface area (Å²) < 4.78 is 12.8. The third-order valence-corrected chi connectivity index (χ3v) is 7.16. The van der Waals surface area contributed by atoms with Crippen molar-refractivity contribution in [3.8, 4) is 11.5 Å². The number of anilines is 1. The quantitative estimate of drug-likeness (QED) is 0.487. The van der Waals surface area contributed by atoms with Crippen molar-refractivity contribution < 1.29 is 14.3 Å². The summed E-state index contributed by atoms with van der Waals surface area (Å²) >= 11 is 1.58. The van der Waals surface area contributed by atoms with Gasteiger partial charge in [-0.2, -0.15) is 4.98 Å². The van der Waals surface area contributed by atoms with Crippen LogP contribution in [-0.2, 0) is 10.5 Å². The first-order valence-corrected chi connectivity index (χ1v) is 12.3. The summed E-state index contributed by atoms with van der Waals surface area (Å²) in [5.74, 6) is 2.82. The highest BCUT2D eigenvalue weighted by molar-refractivity contribution is 7.98. The number of nitrogens with zero attached hydrogens (tertiary/aromatic N) is 3. The number of allylic oxidation sites excluding steroid dienone is 2. The zero-order valence-electron chi connectivity index (χ0n) is 19.8. The number of benzene rings is 2. The molecule has 1 aliphatic carbocycles. The molecule has 1 aliphatic heterocycles. The molecule has 8 heteroatoms. The van der Waals surface area contributed by atoms with E-state index in [1.807, 2.05) is 41.1 Å². The number of carbonyl (C=O) groups excluding carboxylic acids is 1. The number of hydrogen-bond donors (Lipinski definition) is 1. The second kappa shape index (κ2) is 8.83. The largest absolute Gasteiger partial charge is 0.493 e. The first kappa shape index (κ1) is 22.5. The number of Topliss-reactive ketones (excluding diaryl/α,β-unsaturated/α-hetero) is 1. The third kappa shape index (κ3) is 4.18. The van der Waals surface area contributed by atoms with Gasteiger partial charge in [0.05, 0.1) is 14.2 Å². The van der Waals surface area contributed by atoms with Crippen LogP contribution in [-0.4, -0.2) is 34.8 Å². The van der Waals surface area contributed by atoms with Crippen LogP contribution in [0.3, 0.4) is 0 Å². The fourth-order valence-corrected chi connectivity index (χ4v) is 5.49. The van der Waals surface area contributed by atoms with Crippen LogP contribution < -0.4 is 14.8 Å². The zero-order chi connectivity index (χ0) is 23.9. The van der Waals surface area contributed by atoms with E-state index in [1.54, 1.807) is 26.0 Å². The SMILES string of the molecule is COc1ccc([C@@H]2C3=C(CC(C)(C)CC3=O)Nc3nc(SCc4ccccc4)nn32)cc1OC. The Morgan fingerprint density at radius 3 is 2.59 bits per heavy atom. The van der Waals surface area contributed by atoms with Crippen molar-refractivity contribution in [1.82, 2.24) is 14.8 Å². The van der Waals surface area contributed by atoms with Gasteiger partial charge in [0.15, 0.2) is 17.3 Å². The number of carbonyl (C=O) groups is 1. The summed E-state index contributed by atoms with van der Waals surface area (Å²) in [6, 6.07) is 15.6. The van der Waals surface area contributed by atoms with Crippen LogP contribution >= 0.6 is 11.8 Å². The molecule has 7 nitrogen and oxygen atoms in total. The highest BCUT2D eigenvalue weighted by atomic mass is 32.2. The van der Waals surface area contributed by atoms with Gasteiger partial charge in [-0.25, -0.2) is 4.68 Å². The minimum Gasteiger partial charge on any atom is -0.493 e. The topological polar surface area (TPSA) is 78.3 Å². The lowest BCUT2D eigenvalue weighted by Gasteiger charge is -2.38. The van der Waals surface area contributed by atoms with E-state index in [1.165, 1.54) is 5.56 Å². The number of hydrogen-bond acceptors (Lipinski definition) is 7. The number of ketones is 1. The van der Waals surface area contributed by atoms with Crippen molar-refractivity contribution in [2.75, 3.05) is 19.5 Å². The Bertz CT molecular complexity index is 1270. The van der Waals surface area contributed by atoms with Gasteiger partial charge in [0.1, 0.15) is 6.04 Å². The van der Waals surface area contributed by atoms with Crippen LogP contribution in [0.15, 0.2) is 65.0 Å². The molecule has 1 N–H and O–H groups in total. The second-order valence-electron chi connectivity index (χ2n) is 9.41. The molecule has 0 spiro atoms. The molecule has 0 fully saturated rings. The molecule has 34 heavy (non-hydrogen) atoms. The lowest BCUT2D eigenvalue weighted by atomic mass is 9.73. The standard InChI is InChI=1S/C26H28N4O3S/c1-26(2)13-18-22(19(31)14-26)23(17-10-11-20(32-3)21(12-17)33-4)30-24(27-18)28-25(29-30)34-15-16-8-6-5-7-9-16/h5-12,23H,13-15H2,1-4H3,(H,27,28,29)/t23-/m1/s1. The van der Waals surface area contributed by atoms with E-state index < -0.39 is 0 Å².